The fraction of sp³-hybridized carbons (Fsp3) is 0.179. The van der Waals surface area contributed by atoms with E-state index < -0.39 is 35.1 Å². The van der Waals surface area contributed by atoms with Crippen molar-refractivity contribution < 1.29 is 28.2 Å². The lowest BCUT2D eigenvalue weighted by molar-refractivity contribution is -0.132. The fourth-order valence-electron chi connectivity index (χ4n) is 4.78. The summed E-state index contributed by atoms with van der Waals surface area (Å²) >= 11 is 0.886. The summed E-state index contributed by atoms with van der Waals surface area (Å²) < 4.78 is 34.0. The lowest BCUT2D eigenvalue weighted by atomic mass is 9.93. The maximum absolute atomic E-state index is 14.5. The van der Waals surface area contributed by atoms with Gasteiger partial charge in [0, 0.05) is 6.07 Å². The highest BCUT2D eigenvalue weighted by Crippen LogP contribution is 2.46. The molecule has 188 valence electrons. The Bertz CT molecular complexity index is 1640. The van der Waals surface area contributed by atoms with E-state index in [0.717, 1.165) is 39.0 Å². The second-order valence-corrected chi connectivity index (χ2v) is 9.99. The minimum absolute atomic E-state index is 0.0135. The van der Waals surface area contributed by atoms with Crippen LogP contribution in [0.5, 0.6) is 5.75 Å². The highest BCUT2D eigenvalue weighted by molar-refractivity contribution is 7.22. The molecule has 1 atom stereocenters. The van der Waals surface area contributed by atoms with Crippen LogP contribution in [0.3, 0.4) is 0 Å². The first-order valence-corrected chi connectivity index (χ1v) is 12.2. The molecule has 0 saturated carbocycles. The molecule has 3 aromatic carbocycles. The lowest BCUT2D eigenvalue weighted by Crippen LogP contribution is -2.29. The number of benzene rings is 3. The molecule has 1 aliphatic rings. The van der Waals surface area contributed by atoms with Crippen LogP contribution in [-0.2, 0) is 9.59 Å². The van der Waals surface area contributed by atoms with Crippen LogP contribution in [0.1, 0.15) is 33.9 Å². The number of anilines is 1. The molecule has 0 spiro atoms. The first-order valence-electron chi connectivity index (χ1n) is 11.4. The van der Waals surface area contributed by atoms with Crippen molar-refractivity contribution in [1.29, 1.82) is 0 Å². The molecule has 1 fully saturated rings. The number of amides is 1. The summed E-state index contributed by atoms with van der Waals surface area (Å²) in [5, 5.41) is 11.5. The minimum atomic E-state index is -1.06. The molecule has 1 N–H and O–H groups in total. The Kier molecular flexibility index (Phi) is 6.03. The number of carbonyl (C=O) groups is 2. The van der Waals surface area contributed by atoms with E-state index in [2.05, 4.69) is 4.98 Å². The van der Waals surface area contributed by atoms with E-state index in [1.54, 1.807) is 24.3 Å². The van der Waals surface area contributed by atoms with E-state index >= 15 is 0 Å². The maximum atomic E-state index is 14.5. The quantitative estimate of drug-likeness (QED) is 0.199. The highest BCUT2D eigenvalue weighted by Gasteiger charge is 2.48. The normalized spacial score (nSPS) is 17.1. The predicted molar refractivity (Wildman–Crippen MR) is 138 cm³/mol. The van der Waals surface area contributed by atoms with Crippen LogP contribution < -0.4 is 9.64 Å². The van der Waals surface area contributed by atoms with Gasteiger partial charge in [-0.3, -0.25) is 14.5 Å². The van der Waals surface area contributed by atoms with Crippen LogP contribution in [0.25, 0.3) is 16.0 Å². The Hall–Kier alpha value is -4.11. The molecular formula is C28H22F2N2O4S. The first kappa shape index (κ1) is 24.6. The van der Waals surface area contributed by atoms with Crippen LogP contribution in [0, 0.1) is 32.4 Å². The largest absolute Gasteiger partial charge is 0.507 e. The summed E-state index contributed by atoms with van der Waals surface area (Å²) in [5.41, 5.74) is 3.00. The van der Waals surface area contributed by atoms with Gasteiger partial charge in [-0.05, 0) is 49.6 Å². The Labute approximate surface area is 215 Å². The van der Waals surface area contributed by atoms with Crippen LogP contribution in [-0.4, -0.2) is 28.9 Å². The molecule has 6 nitrogen and oxygen atoms in total. The average molecular weight is 521 g/mol. The number of halogens is 2. The number of hydrogen-bond donors (Lipinski definition) is 1. The van der Waals surface area contributed by atoms with Gasteiger partial charge >= 0.3 is 5.91 Å². The van der Waals surface area contributed by atoms with Crippen molar-refractivity contribution in [3.63, 3.8) is 0 Å². The number of thiazole rings is 1. The van der Waals surface area contributed by atoms with Crippen molar-refractivity contribution in [3.8, 4) is 5.75 Å². The van der Waals surface area contributed by atoms with Gasteiger partial charge in [-0.2, -0.15) is 0 Å². The topological polar surface area (TPSA) is 79.7 Å². The molecular weight excluding hydrogens is 498 g/mol. The molecule has 1 aromatic heterocycles. The summed E-state index contributed by atoms with van der Waals surface area (Å²) in [5.74, 6) is -3.53. The third-order valence-corrected chi connectivity index (χ3v) is 7.29. The highest BCUT2D eigenvalue weighted by atomic mass is 32.1. The van der Waals surface area contributed by atoms with Crippen LogP contribution in [0.4, 0.5) is 13.9 Å². The van der Waals surface area contributed by atoms with Gasteiger partial charge in [0.2, 0.25) is 0 Å². The Balaban J connectivity index is 1.79. The molecule has 1 unspecified atom stereocenters. The maximum Gasteiger partial charge on any atom is 0.301 e. The Morgan fingerprint density at radius 1 is 1.05 bits per heavy atom. The number of carbonyl (C=O) groups excluding carboxylic acids is 2. The third kappa shape index (κ3) is 4.05. The average Bonchev–Trinajstić information content (AvgIpc) is 3.37. The minimum Gasteiger partial charge on any atom is -0.507 e. The summed E-state index contributed by atoms with van der Waals surface area (Å²) in [6.45, 7) is 5.52. The second-order valence-electron chi connectivity index (χ2n) is 8.98. The van der Waals surface area contributed by atoms with Gasteiger partial charge < -0.3 is 9.84 Å². The molecule has 4 aromatic rings. The number of fused-ring (bicyclic) bond motifs is 1. The van der Waals surface area contributed by atoms with Gasteiger partial charge in [-0.15, -0.1) is 0 Å². The Morgan fingerprint density at radius 3 is 2.51 bits per heavy atom. The van der Waals surface area contributed by atoms with E-state index in [1.165, 1.54) is 7.11 Å². The lowest BCUT2D eigenvalue weighted by Gasteiger charge is -2.23. The molecule has 0 aliphatic carbocycles. The zero-order valence-corrected chi connectivity index (χ0v) is 21.2. The fourth-order valence-corrected chi connectivity index (χ4v) is 5.81. The molecule has 5 rings (SSSR count). The van der Waals surface area contributed by atoms with E-state index in [0.29, 0.717) is 17.4 Å². The Morgan fingerprint density at radius 2 is 1.81 bits per heavy atom. The molecule has 1 aliphatic heterocycles. The van der Waals surface area contributed by atoms with Gasteiger partial charge in [0.05, 0.1) is 29.0 Å². The van der Waals surface area contributed by atoms with Crippen molar-refractivity contribution in [2.24, 2.45) is 0 Å². The van der Waals surface area contributed by atoms with Gasteiger partial charge in [0.1, 0.15) is 22.8 Å². The number of ketones is 1. The van der Waals surface area contributed by atoms with Gasteiger partial charge in [0.25, 0.3) is 5.78 Å². The van der Waals surface area contributed by atoms with Crippen molar-refractivity contribution in [1.82, 2.24) is 4.98 Å². The number of nitrogens with zero attached hydrogens (tertiary/aromatic N) is 2. The van der Waals surface area contributed by atoms with Crippen molar-refractivity contribution in [2.45, 2.75) is 26.8 Å². The van der Waals surface area contributed by atoms with Crippen LogP contribution in [0.2, 0.25) is 0 Å². The van der Waals surface area contributed by atoms with E-state index in [1.807, 2.05) is 32.9 Å². The standard InChI is InChI=1S/C28H22F2N2O4S/c1-13-6-5-7-16(9-13)23-21(24(33)18-10-14(2)8-15(3)26(18)36-4)25(34)27(35)32(23)28-31-22-19(30)11-17(29)12-20(22)37-28/h5-12,23,33H,1-4H3/b24-21+. The van der Waals surface area contributed by atoms with E-state index in [9.17, 15) is 23.5 Å². The predicted octanol–water partition coefficient (Wildman–Crippen LogP) is 6.13. The van der Waals surface area contributed by atoms with Crippen LogP contribution in [0.15, 0.2) is 54.1 Å². The SMILES string of the molecule is COc1c(C)cc(C)cc1/C(O)=C1\C(=O)C(=O)N(c2nc3c(F)cc(F)cc3s2)C1c1cccc(C)c1. The first-order chi connectivity index (χ1) is 17.6. The molecule has 2 heterocycles. The number of ether oxygens (including phenoxy) is 1. The number of methoxy groups -OCH3 is 1. The van der Waals surface area contributed by atoms with E-state index in [-0.39, 0.29) is 26.5 Å². The number of aryl methyl sites for hydroxylation is 3. The summed E-state index contributed by atoms with van der Waals surface area (Å²) in [7, 11) is 1.46. The number of Topliss-reactive ketones (excluding diaryl/α,β-unsaturated/α-hetero) is 1. The van der Waals surface area contributed by atoms with Gasteiger partial charge in [-0.1, -0.05) is 47.2 Å². The molecule has 9 heteroatoms. The smallest absolute Gasteiger partial charge is 0.301 e. The zero-order chi connectivity index (χ0) is 26.6. The number of hydrogen-bond acceptors (Lipinski definition) is 6. The number of rotatable bonds is 4. The molecule has 37 heavy (non-hydrogen) atoms. The van der Waals surface area contributed by atoms with Gasteiger partial charge in [0.15, 0.2) is 10.9 Å². The number of aliphatic hydroxyl groups is 1. The zero-order valence-electron chi connectivity index (χ0n) is 20.4. The summed E-state index contributed by atoms with van der Waals surface area (Å²) in [4.78, 5) is 32.3. The van der Waals surface area contributed by atoms with Crippen molar-refractivity contribution in [2.75, 3.05) is 12.0 Å². The number of aromatic nitrogens is 1. The third-order valence-electron chi connectivity index (χ3n) is 6.29. The van der Waals surface area contributed by atoms with E-state index in [4.69, 9.17) is 4.74 Å². The monoisotopic (exact) mass is 520 g/mol. The second kappa shape index (κ2) is 9.08. The summed E-state index contributed by atoms with van der Waals surface area (Å²) in [6.07, 6.45) is 0. The van der Waals surface area contributed by atoms with Gasteiger partial charge in [-0.25, -0.2) is 13.8 Å². The molecule has 1 saturated heterocycles. The van der Waals surface area contributed by atoms with Crippen molar-refractivity contribution >= 4 is 44.1 Å². The van der Waals surface area contributed by atoms with Crippen molar-refractivity contribution in [3.05, 3.63) is 93.6 Å². The molecule has 1 amide bonds. The van der Waals surface area contributed by atoms with Crippen LogP contribution >= 0.6 is 11.3 Å². The molecule has 0 bridgehead atoms. The number of aliphatic hydroxyl groups excluding tert-OH is 1. The summed E-state index contributed by atoms with van der Waals surface area (Å²) in [6, 6.07) is 11.5. The molecule has 0 radical (unpaired) electrons.